The van der Waals surface area contributed by atoms with E-state index in [9.17, 15) is 4.79 Å². The minimum Gasteiger partial charge on any atom is -0.383 e. The van der Waals surface area contributed by atoms with Gasteiger partial charge in [0.1, 0.15) is 23.0 Å². The molecule has 2 rings (SSSR count). The van der Waals surface area contributed by atoms with E-state index in [1.165, 1.54) is 37.1 Å². The smallest absolute Gasteiger partial charge is 0.232 e. The Hall–Kier alpha value is -2.25. The number of pyridine rings is 1. The summed E-state index contributed by atoms with van der Waals surface area (Å²) < 4.78 is 0. The minimum absolute atomic E-state index is 0.0607. The first-order valence-corrected chi connectivity index (χ1v) is 8.65. The van der Waals surface area contributed by atoms with Crippen LogP contribution in [-0.2, 0) is 4.79 Å². The molecule has 1 aromatic rings. The summed E-state index contributed by atoms with van der Waals surface area (Å²) in [6.07, 6.45) is 5.67. The Labute approximate surface area is 140 Å². The largest absolute Gasteiger partial charge is 0.383 e. The molecule has 1 aliphatic heterocycles. The number of anilines is 1. The number of hydrogen-bond donors (Lipinski definition) is 1. The maximum atomic E-state index is 12.4. The SMILES string of the molecule is N#Cc1cc(C#N)c(SCC(=O)N2CCCCCCC2)nc1N. The second-order valence-corrected chi connectivity index (χ2v) is 6.40. The summed E-state index contributed by atoms with van der Waals surface area (Å²) >= 11 is 1.20. The average Bonchev–Trinajstić information content (AvgIpc) is 2.52. The van der Waals surface area contributed by atoms with E-state index in [1.54, 1.807) is 0 Å². The summed E-state index contributed by atoms with van der Waals surface area (Å²) in [6.45, 7) is 1.60. The molecule has 7 heteroatoms. The van der Waals surface area contributed by atoms with Crippen LogP contribution >= 0.6 is 11.8 Å². The number of carbonyl (C=O) groups excluding carboxylic acids is 1. The lowest BCUT2D eigenvalue weighted by molar-refractivity contribution is -0.128. The monoisotopic (exact) mass is 329 g/mol. The molecule has 0 radical (unpaired) electrons. The van der Waals surface area contributed by atoms with Gasteiger partial charge in [-0.05, 0) is 18.9 Å². The van der Waals surface area contributed by atoms with Gasteiger partial charge in [0.2, 0.25) is 5.91 Å². The molecule has 23 heavy (non-hydrogen) atoms. The van der Waals surface area contributed by atoms with Gasteiger partial charge in [-0.2, -0.15) is 10.5 Å². The highest BCUT2D eigenvalue weighted by atomic mass is 32.2. The van der Waals surface area contributed by atoms with E-state index in [0.717, 1.165) is 25.9 Å². The molecule has 2 heterocycles. The number of hydrogen-bond acceptors (Lipinski definition) is 6. The summed E-state index contributed by atoms with van der Waals surface area (Å²) in [7, 11) is 0. The van der Waals surface area contributed by atoms with Crippen LogP contribution in [0.5, 0.6) is 0 Å². The van der Waals surface area contributed by atoms with Crippen molar-refractivity contribution in [3.05, 3.63) is 17.2 Å². The molecular weight excluding hydrogens is 310 g/mol. The van der Waals surface area contributed by atoms with Gasteiger partial charge < -0.3 is 10.6 Å². The number of nitrogen functional groups attached to an aromatic ring is 1. The molecule has 0 aliphatic carbocycles. The quantitative estimate of drug-likeness (QED) is 0.853. The highest BCUT2D eigenvalue weighted by molar-refractivity contribution is 8.00. The van der Waals surface area contributed by atoms with Crippen molar-refractivity contribution in [1.82, 2.24) is 9.88 Å². The van der Waals surface area contributed by atoms with E-state index in [0.29, 0.717) is 5.03 Å². The molecule has 0 unspecified atom stereocenters. The predicted molar refractivity (Wildman–Crippen MR) is 88.5 cm³/mol. The number of thioether (sulfide) groups is 1. The molecule has 2 N–H and O–H groups in total. The number of aromatic nitrogens is 1. The van der Waals surface area contributed by atoms with Gasteiger partial charge in [0.15, 0.2) is 0 Å². The van der Waals surface area contributed by atoms with Gasteiger partial charge in [-0.15, -0.1) is 0 Å². The lowest BCUT2D eigenvalue weighted by atomic mass is 10.1. The zero-order valence-corrected chi connectivity index (χ0v) is 13.7. The Morgan fingerprint density at radius 2 is 1.78 bits per heavy atom. The Morgan fingerprint density at radius 1 is 1.17 bits per heavy atom. The van der Waals surface area contributed by atoms with Crippen LogP contribution in [0.1, 0.15) is 43.2 Å². The van der Waals surface area contributed by atoms with Gasteiger partial charge in [0.25, 0.3) is 0 Å². The van der Waals surface area contributed by atoms with Crippen LogP contribution in [0.2, 0.25) is 0 Å². The van der Waals surface area contributed by atoms with Crippen LogP contribution in [0.3, 0.4) is 0 Å². The standard InChI is InChI=1S/C16H19N5OS/c17-9-12-8-13(10-18)16(20-15(12)19)23-11-14(22)21-6-4-2-1-3-5-7-21/h8H,1-7,11H2,(H2,19,20). The molecule has 6 nitrogen and oxygen atoms in total. The number of carbonyl (C=O) groups is 1. The van der Waals surface area contributed by atoms with Crippen molar-refractivity contribution in [1.29, 1.82) is 10.5 Å². The topological polar surface area (TPSA) is 107 Å². The van der Waals surface area contributed by atoms with Crippen LogP contribution in [0, 0.1) is 22.7 Å². The molecule has 1 saturated heterocycles. The van der Waals surface area contributed by atoms with E-state index in [-0.39, 0.29) is 28.6 Å². The van der Waals surface area contributed by atoms with Gasteiger partial charge in [0, 0.05) is 13.1 Å². The van der Waals surface area contributed by atoms with Gasteiger partial charge in [0.05, 0.1) is 16.9 Å². The van der Waals surface area contributed by atoms with Crippen molar-refractivity contribution in [3.8, 4) is 12.1 Å². The van der Waals surface area contributed by atoms with Crippen molar-refractivity contribution < 1.29 is 4.79 Å². The summed E-state index contributed by atoms with van der Waals surface area (Å²) in [4.78, 5) is 18.3. The number of amides is 1. The summed E-state index contributed by atoms with van der Waals surface area (Å²) in [6, 6.07) is 5.33. The third kappa shape index (κ3) is 4.61. The minimum atomic E-state index is 0.0607. The molecule has 0 saturated carbocycles. The van der Waals surface area contributed by atoms with Crippen molar-refractivity contribution in [3.63, 3.8) is 0 Å². The lowest BCUT2D eigenvalue weighted by Gasteiger charge is -2.24. The molecule has 0 aromatic carbocycles. The van der Waals surface area contributed by atoms with E-state index in [2.05, 4.69) is 4.98 Å². The molecule has 120 valence electrons. The summed E-state index contributed by atoms with van der Waals surface area (Å²) in [5.41, 5.74) is 6.15. The third-order valence-electron chi connectivity index (χ3n) is 3.80. The first-order chi connectivity index (χ1) is 11.2. The number of nitrogens with zero attached hydrogens (tertiary/aromatic N) is 4. The summed E-state index contributed by atoms with van der Waals surface area (Å²) in [5, 5.41) is 18.5. The molecule has 1 amide bonds. The zero-order valence-electron chi connectivity index (χ0n) is 12.9. The molecule has 1 aliphatic rings. The number of nitriles is 2. The van der Waals surface area contributed by atoms with E-state index in [4.69, 9.17) is 16.3 Å². The maximum Gasteiger partial charge on any atom is 0.232 e. The highest BCUT2D eigenvalue weighted by Gasteiger charge is 2.17. The fourth-order valence-electron chi connectivity index (χ4n) is 2.51. The fraction of sp³-hybridized carbons (Fsp3) is 0.500. The number of nitrogens with two attached hydrogens (primary N) is 1. The Balaban J connectivity index is 2.02. The Kier molecular flexibility index (Phi) is 6.25. The normalized spacial score (nSPS) is 15.1. The summed E-state index contributed by atoms with van der Waals surface area (Å²) in [5.74, 6) is 0.380. The van der Waals surface area contributed by atoms with Gasteiger partial charge in [-0.1, -0.05) is 31.0 Å². The van der Waals surface area contributed by atoms with Crippen LogP contribution in [0.15, 0.2) is 11.1 Å². The van der Waals surface area contributed by atoms with Crippen molar-refractivity contribution in [2.45, 2.75) is 37.1 Å². The van der Waals surface area contributed by atoms with Crippen LogP contribution in [0.4, 0.5) is 5.82 Å². The van der Waals surface area contributed by atoms with Gasteiger partial charge in [-0.3, -0.25) is 4.79 Å². The first kappa shape index (κ1) is 17.1. The third-order valence-corrected chi connectivity index (χ3v) is 4.77. The van der Waals surface area contributed by atoms with Crippen LogP contribution in [-0.4, -0.2) is 34.6 Å². The lowest BCUT2D eigenvalue weighted by Crippen LogP contribution is -2.35. The fourth-order valence-corrected chi connectivity index (χ4v) is 3.37. The second kappa shape index (κ2) is 8.40. The van der Waals surface area contributed by atoms with Crippen molar-refractivity contribution >= 4 is 23.5 Å². The van der Waals surface area contributed by atoms with Crippen LogP contribution < -0.4 is 5.73 Å². The van der Waals surface area contributed by atoms with E-state index in [1.807, 2.05) is 17.0 Å². The van der Waals surface area contributed by atoms with Gasteiger partial charge >= 0.3 is 0 Å². The number of likely N-dealkylation sites (tertiary alicyclic amines) is 1. The molecule has 1 aromatic heterocycles. The van der Waals surface area contributed by atoms with Crippen molar-refractivity contribution in [2.75, 3.05) is 24.6 Å². The molecular formula is C16H19N5OS. The van der Waals surface area contributed by atoms with E-state index < -0.39 is 0 Å². The average molecular weight is 329 g/mol. The van der Waals surface area contributed by atoms with Crippen molar-refractivity contribution in [2.24, 2.45) is 0 Å². The predicted octanol–water partition coefficient (Wildman–Crippen LogP) is 2.29. The first-order valence-electron chi connectivity index (χ1n) is 7.67. The molecule has 0 spiro atoms. The molecule has 0 bridgehead atoms. The molecule has 1 fully saturated rings. The number of rotatable bonds is 3. The second-order valence-electron chi connectivity index (χ2n) is 5.43. The zero-order chi connectivity index (χ0) is 16.7. The van der Waals surface area contributed by atoms with Crippen LogP contribution in [0.25, 0.3) is 0 Å². The van der Waals surface area contributed by atoms with E-state index >= 15 is 0 Å². The maximum absolute atomic E-state index is 12.4. The Bertz CT molecular complexity index is 654. The highest BCUT2D eigenvalue weighted by Crippen LogP contribution is 2.24. The molecule has 0 atom stereocenters. The Morgan fingerprint density at radius 3 is 2.39 bits per heavy atom. The van der Waals surface area contributed by atoms with Gasteiger partial charge in [-0.25, -0.2) is 4.98 Å².